The first-order valence-corrected chi connectivity index (χ1v) is 6.04. The van der Waals surface area contributed by atoms with E-state index >= 15 is 0 Å². The van der Waals surface area contributed by atoms with Crippen LogP contribution in [0.2, 0.25) is 0 Å². The maximum Gasteiger partial charge on any atom is 0.356 e. The van der Waals surface area contributed by atoms with Gasteiger partial charge in [-0.15, -0.1) is 0 Å². The van der Waals surface area contributed by atoms with E-state index in [-0.39, 0.29) is 15.9 Å². The standard InChI is InChI=1S/C12H10BrFN2O3/c1-16-9(5-8(15-16)12(17)18)6-3-4-7(13)10(14)11(6)19-2/h3-5H,1-2H3,(H,17,18). The molecular weight excluding hydrogens is 319 g/mol. The second-order valence-corrected chi connectivity index (χ2v) is 4.64. The number of halogens is 2. The molecule has 0 spiro atoms. The molecule has 0 aliphatic heterocycles. The number of carboxylic acids is 1. The maximum atomic E-state index is 13.9. The van der Waals surface area contributed by atoms with Gasteiger partial charge in [0.1, 0.15) is 0 Å². The van der Waals surface area contributed by atoms with E-state index in [0.29, 0.717) is 11.3 Å². The fourth-order valence-electron chi connectivity index (χ4n) is 1.76. The summed E-state index contributed by atoms with van der Waals surface area (Å²) in [5.74, 6) is -1.65. The lowest BCUT2D eigenvalue weighted by atomic mass is 10.1. The normalized spacial score (nSPS) is 10.5. The molecule has 0 bridgehead atoms. The summed E-state index contributed by atoms with van der Waals surface area (Å²) in [6, 6.07) is 4.53. The third kappa shape index (κ3) is 2.33. The fourth-order valence-corrected chi connectivity index (χ4v) is 2.07. The Morgan fingerprint density at radius 3 is 2.74 bits per heavy atom. The zero-order chi connectivity index (χ0) is 14.2. The van der Waals surface area contributed by atoms with Crippen LogP contribution in [-0.2, 0) is 7.05 Å². The van der Waals surface area contributed by atoms with Crippen LogP contribution in [0, 0.1) is 5.82 Å². The van der Waals surface area contributed by atoms with Gasteiger partial charge < -0.3 is 9.84 Å². The molecule has 0 aliphatic carbocycles. The number of benzene rings is 1. The molecule has 2 aromatic rings. The molecule has 0 aliphatic rings. The van der Waals surface area contributed by atoms with Gasteiger partial charge >= 0.3 is 5.97 Å². The summed E-state index contributed by atoms with van der Waals surface area (Å²) in [5.41, 5.74) is 0.786. The number of carbonyl (C=O) groups is 1. The van der Waals surface area contributed by atoms with Crippen molar-refractivity contribution < 1.29 is 19.0 Å². The second-order valence-electron chi connectivity index (χ2n) is 3.79. The SMILES string of the molecule is COc1c(-c2cc(C(=O)O)nn2C)ccc(Br)c1F. The first-order valence-electron chi connectivity index (χ1n) is 5.25. The lowest BCUT2D eigenvalue weighted by molar-refractivity contribution is 0.0689. The summed E-state index contributed by atoms with van der Waals surface area (Å²) >= 11 is 3.07. The van der Waals surface area contributed by atoms with Gasteiger partial charge in [0.15, 0.2) is 17.3 Å². The molecule has 1 aromatic heterocycles. The van der Waals surface area contributed by atoms with E-state index in [9.17, 15) is 9.18 Å². The smallest absolute Gasteiger partial charge is 0.356 e. The Hall–Kier alpha value is -1.89. The Labute approximate surface area is 116 Å². The first-order chi connectivity index (χ1) is 8.95. The van der Waals surface area contributed by atoms with Crippen LogP contribution in [-0.4, -0.2) is 28.0 Å². The molecule has 1 N–H and O–H groups in total. The van der Waals surface area contributed by atoms with Gasteiger partial charge in [0.25, 0.3) is 0 Å². The van der Waals surface area contributed by atoms with Gasteiger partial charge in [-0.25, -0.2) is 9.18 Å². The van der Waals surface area contributed by atoms with Crippen molar-refractivity contribution in [2.24, 2.45) is 7.05 Å². The number of aromatic carboxylic acids is 1. The van der Waals surface area contributed by atoms with Crippen LogP contribution in [0.5, 0.6) is 5.75 Å². The molecule has 19 heavy (non-hydrogen) atoms. The summed E-state index contributed by atoms with van der Waals surface area (Å²) in [5, 5.41) is 12.7. The van der Waals surface area contributed by atoms with Crippen molar-refractivity contribution in [1.29, 1.82) is 0 Å². The van der Waals surface area contributed by atoms with Crippen molar-refractivity contribution in [3.8, 4) is 17.0 Å². The molecule has 5 nitrogen and oxygen atoms in total. The average molecular weight is 329 g/mol. The topological polar surface area (TPSA) is 64.3 Å². The van der Waals surface area contributed by atoms with Gasteiger partial charge in [-0.3, -0.25) is 4.68 Å². The minimum absolute atomic E-state index is 0.0364. The van der Waals surface area contributed by atoms with Crippen molar-refractivity contribution in [2.75, 3.05) is 7.11 Å². The summed E-state index contributed by atoms with van der Waals surface area (Å²) in [7, 11) is 2.93. The molecule has 100 valence electrons. The maximum absolute atomic E-state index is 13.9. The van der Waals surface area contributed by atoms with Crippen molar-refractivity contribution in [2.45, 2.75) is 0 Å². The van der Waals surface area contributed by atoms with Crippen LogP contribution in [0.1, 0.15) is 10.5 Å². The van der Waals surface area contributed by atoms with Gasteiger partial charge in [0.05, 0.1) is 17.3 Å². The predicted octanol–water partition coefficient (Wildman–Crippen LogP) is 2.70. The number of hydrogen-bond donors (Lipinski definition) is 1. The minimum atomic E-state index is -1.14. The number of hydrogen-bond acceptors (Lipinski definition) is 3. The van der Waals surface area contributed by atoms with E-state index in [0.717, 1.165) is 0 Å². The van der Waals surface area contributed by atoms with Crippen molar-refractivity contribution in [3.05, 3.63) is 34.2 Å². The Kier molecular flexibility index (Phi) is 3.57. The minimum Gasteiger partial charge on any atom is -0.493 e. The largest absolute Gasteiger partial charge is 0.493 e. The number of methoxy groups -OCH3 is 1. The highest BCUT2D eigenvalue weighted by Crippen LogP contribution is 2.35. The fraction of sp³-hybridized carbons (Fsp3) is 0.167. The first kappa shape index (κ1) is 13.5. The van der Waals surface area contributed by atoms with Crippen LogP contribution >= 0.6 is 15.9 Å². The number of ether oxygens (including phenoxy) is 1. The predicted molar refractivity (Wildman–Crippen MR) is 69.8 cm³/mol. The molecule has 0 radical (unpaired) electrons. The van der Waals surface area contributed by atoms with E-state index in [1.54, 1.807) is 13.1 Å². The van der Waals surface area contributed by atoms with E-state index in [1.807, 2.05) is 0 Å². The zero-order valence-electron chi connectivity index (χ0n) is 10.1. The highest BCUT2D eigenvalue weighted by atomic mass is 79.9. The Morgan fingerprint density at radius 2 is 2.21 bits per heavy atom. The highest BCUT2D eigenvalue weighted by molar-refractivity contribution is 9.10. The molecule has 0 unspecified atom stereocenters. The summed E-state index contributed by atoms with van der Waals surface area (Å²) in [4.78, 5) is 10.9. The van der Waals surface area contributed by atoms with Crippen LogP contribution in [0.4, 0.5) is 4.39 Å². The summed E-state index contributed by atoms with van der Waals surface area (Å²) in [6.45, 7) is 0. The zero-order valence-corrected chi connectivity index (χ0v) is 11.7. The van der Waals surface area contributed by atoms with E-state index in [2.05, 4.69) is 21.0 Å². The average Bonchev–Trinajstić information content (AvgIpc) is 2.75. The molecule has 7 heteroatoms. The number of rotatable bonds is 3. The van der Waals surface area contributed by atoms with Crippen LogP contribution < -0.4 is 4.74 Å². The van der Waals surface area contributed by atoms with Gasteiger partial charge in [-0.2, -0.15) is 5.10 Å². The van der Waals surface area contributed by atoms with E-state index < -0.39 is 11.8 Å². The van der Waals surface area contributed by atoms with Gasteiger partial charge in [-0.1, -0.05) is 0 Å². The third-order valence-corrected chi connectivity index (χ3v) is 3.24. The number of nitrogens with zero attached hydrogens (tertiary/aromatic N) is 2. The molecule has 0 saturated heterocycles. The number of aromatic nitrogens is 2. The van der Waals surface area contributed by atoms with Crippen molar-refractivity contribution >= 4 is 21.9 Å². The monoisotopic (exact) mass is 328 g/mol. The van der Waals surface area contributed by atoms with E-state index in [1.165, 1.54) is 23.9 Å². The molecule has 0 fully saturated rings. The lowest BCUT2D eigenvalue weighted by Gasteiger charge is -2.10. The van der Waals surface area contributed by atoms with Crippen molar-refractivity contribution in [3.63, 3.8) is 0 Å². The molecule has 0 saturated carbocycles. The number of aryl methyl sites for hydroxylation is 1. The Balaban J connectivity index is 2.65. The van der Waals surface area contributed by atoms with Gasteiger partial charge in [0, 0.05) is 12.6 Å². The van der Waals surface area contributed by atoms with Gasteiger partial charge in [0.2, 0.25) is 0 Å². The van der Waals surface area contributed by atoms with E-state index in [4.69, 9.17) is 9.84 Å². The molecule has 2 rings (SSSR count). The summed E-state index contributed by atoms with van der Waals surface area (Å²) in [6.07, 6.45) is 0. The highest BCUT2D eigenvalue weighted by Gasteiger charge is 2.19. The van der Waals surface area contributed by atoms with Crippen molar-refractivity contribution in [1.82, 2.24) is 9.78 Å². The molecular formula is C12H10BrFN2O3. The second kappa shape index (κ2) is 5.00. The quantitative estimate of drug-likeness (QED) is 0.940. The Morgan fingerprint density at radius 1 is 1.53 bits per heavy atom. The molecule has 1 heterocycles. The lowest BCUT2D eigenvalue weighted by Crippen LogP contribution is -2.00. The number of carboxylic acid groups (broad SMARTS) is 1. The van der Waals surface area contributed by atoms with Crippen LogP contribution in [0.15, 0.2) is 22.7 Å². The van der Waals surface area contributed by atoms with Crippen LogP contribution in [0.25, 0.3) is 11.3 Å². The van der Waals surface area contributed by atoms with Gasteiger partial charge in [-0.05, 0) is 34.1 Å². The third-order valence-electron chi connectivity index (χ3n) is 2.63. The summed E-state index contributed by atoms with van der Waals surface area (Å²) < 4.78 is 20.6. The molecule has 0 amide bonds. The molecule has 1 aromatic carbocycles. The Bertz CT molecular complexity index is 655. The molecule has 0 atom stereocenters. The van der Waals surface area contributed by atoms with Crippen LogP contribution in [0.3, 0.4) is 0 Å².